The largest absolute Gasteiger partial charge is 0.448 e. The number of benzene rings is 2. The highest BCUT2D eigenvalue weighted by molar-refractivity contribution is 7.17. The van der Waals surface area contributed by atoms with E-state index in [1.165, 1.54) is 26.5 Å². The molecule has 6 nitrogen and oxygen atoms in total. The Kier molecular flexibility index (Phi) is 4.37. The number of rotatable bonds is 5. The van der Waals surface area contributed by atoms with Crippen molar-refractivity contribution >= 4 is 49.4 Å². The lowest BCUT2D eigenvalue weighted by Crippen LogP contribution is -2.33. The van der Waals surface area contributed by atoms with Gasteiger partial charge in [-0.15, -0.1) is 11.3 Å². The minimum absolute atomic E-state index is 0.0940. The van der Waals surface area contributed by atoms with Gasteiger partial charge < -0.3 is 9.73 Å². The highest BCUT2D eigenvalue weighted by atomic mass is 32.1. The highest BCUT2D eigenvalue weighted by Crippen LogP contribution is 2.26. The number of carbonyl (C=O) groups excluding carboxylic acids is 1. The van der Waals surface area contributed by atoms with Crippen LogP contribution in [0, 0.1) is 0 Å². The molecule has 0 unspecified atom stereocenters. The van der Waals surface area contributed by atoms with Crippen LogP contribution in [0.1, 0.15) is 5.56 Å². The molecule has 0 saturated heterocycles. The molecule has 3 aromatic heterocycles. The fraction of sp³-hybridized carbons (Fsp3) is 0.136. The number of para-hydroxylation sites is 1. The number of carbonyl (C=O) groups is 1. The normalized spacial score (nSPS) is 11.4. The number of hydrogen-bond donors (Lipinski definition) is 1. The second-order valence-electron chi connectivity index (χ2n) is 6.81. The van der Waals surface area contributed by atoms with Gasteiger partial charge in [-0.05, 0) is 40.9 Å². The maximum atomic E-state index is 12.7. The van der Waals surface area contributed by atoms with E-state index >= 15 is 0 Å². The molecule has 1 N–H and O–H groups in total. The number of nitrogens with zero attached hydrogens (tertiary/aromatic N) is 2. The Hall–Kier alpha value is -3.45. The molecule has 0 saturated carbocycles. The summed E-state index contributed by atoms with van der Waals surface area (Å²) >= 11 is 1.70. The zero-order valence-corrected chi connectivity index (χ0v) is 16.2. The van der Waals surface area contributed by atoms with Crippen LogP contribution in [-0.4, -0.2) is 22.0 Å². The fourth-order valence-electron chi connectivity index (χ4n) is 3.50. The maximum Gasteiger partial charge on any atom is 0.297 e. The van der Waals surface area contributed by atoms with E-state index in [0.717, 1.165) is 11.8 Å². The molecular formula is C22H17N3O3S. The molecule has 144 valence electrons. The number of thiophene rings is 1. The number of fused-ring (bicyclic) bond motifs is 4. The smallest absolute Gasteiger partial charge is 0.297 e. The molecule has 5 aromatic rings. The van der Waals surface area contributed by atoms with Crippen molar-refractivity contribution in [1.29, 1.82) is 0 Å². The van der Waals surface area contributed by atoms with Gasteiger partial charge in [-0.1, -0.05) is 30.3 Å². The Morgan fingerprint density at radius 2 is 1.90 bits per heavy atom. The summed E-state index contributed by atoms with van der Waals surface area (Å²) in [6, 6.07) is 15.6. The number of hydrogen-bond acceptors (Lipinski definition) is 5. The minimum Gasteiger partial charge on any atom is -0.448 e. The molecule has 0 aliphatic carbocycles. The third kappa shape index (κ3) is 3.19. The first-order chi connectivity index (χ1) is 14.2. The second-order valence-corrected chi connectivity index (χ2v) is 7.72. The molecule has 0 spiro atoms. The van der Waals surface area contributed by atoms with Crippen molar-refractivity contribution in [3.63, 3.8) is 0 Å². The van der Waals surface area contributed by atoms with Gasteiger partial charge in [0.25, 0.3) is 5.56 Å². The third-order valence-corrected chi connectivity index (χ3v) is 5.95. The molecule has 0 aliphatic rings. The van der Waals surface area contributed by atoms with Gasteiger partial charge in [-0.2, -0.15) is 0 Å². The van der Waals surface area contributed by atoms with Crippen molar-refractivity contribution in [2.45, 2.75) is 13.0 Å². The summed E-state index contributed by atoms with van der Waals surface area (Å²) in [7, 11) is 0. The van der Waals surface area contributed by atoms with Crippen molar-refractivity contribution in [3.8, 4) is 0 Å². The molecule has 3 heterocycles. The van der Waals surface area contributed by atoms with Crippen LogP contribution in [0.2, 0.25) is 0 Å². The predicted molar refractivity (Wildman–Crippen MR) is 114 cm³/mol. The van der Waals surface area contributed by atoms with Crippen molar-refractivity contribution < 1.29 is 9.21 Å². The van der Waals surface area contributed by atoms with Gasteiger partial charge in [0.15, 0.2) is 0 Å². The van der Waals surface area contributed by atoms with E-state index in [4.69, 9.17) is 4.42 Å². The first-order valence-electron chi connectivity index (χ1n) is 9.29. The van der Waals surface area contributed by atoms with Crippen LogP contribution in [0.25, 0.3) is 32.2 Å². The summed E-state index contributed by atoms with van der Waals surface area (Å²) in [5.74, 6) is -0.233. The van der Waals surface area contributed by atoms with Gasteiger partial charge >= 0.3 is 0 Å². The summed E-state index contributed by atoms with van der Waals surface area (Å²) < 4.78 is 8.17. The van der Waals surface area contributed by atoms with Crippen LogP contribution in [0.3, 0.4) is 0 Å². The van der Waals surface area contributed by atoms with E-state index in [-0.39, 0.29) is 23.6 Å². The number of furan rings is 1. The lowest BCUT2D eigenvalue weighted by molar-refractivity contribution is -0.121. The standard InChI is InChI=1S/C22H17N3O3S/c26-19(23-10-9-14-12-29-18-8-4-2-5-15(14)18)11-25-13-24-20-16-6-1-3-7-17(16)28-21(20)22(25)27/h1-8,12-13H,9-11H2,(H,23,26). The van der Waals surface area contributed by atoms with E-state index in [0.29, 0.717) is 17.6 Å². The van der Waals surface area contributed by atoms with E-state index in [1.807, 2.05) is 30.3 Å². The molecule has 0 aliphatic heterocycles. The molecule has 0 radical (unpaired) electrons. The minimum atomic E-state index is -0.356. The van der Waals surface area contributed by atoms with Gasteiger partial charge in [0.05, 0.1) is 6.33 Å². The number of nitrogens with one attached hydrogen (secondary N) is 1. The van der Waals surface area contributed by atoms with E-state index in [9.17, 15) is 9.59 Å². The Morgan fingerprint density at radius 3 is 2.79 bits per heavy atom. The van der Waals surface area contributed by atoms with Crippen LogP contribution in [0.15, 0.2) is 69.5 Å². The lowest BCUT2D eigenvalue weighted by atomic mass is 10.1. The van der Waals surface area contributed by atoms with Gasteiger partial charge in [0.1, 0.15) is 17.6 Å². The van der Waals surface area contributed by atoms with Gasteiger partial charge in [0, 0.05) is 16.6 Å². The van der Waals surface area contributed by atoms with Crippen molar-refractivity contribution in [1.82, 2.24) is 14.9 Å². The van der Waals surface area contributed by atoms with Crippen molar-refractivity contribution in [3.05, 3.63) is 76.2 Å². The van der Waals surface area contributed by atoms with Crippen molar-refractivity contribution in [2.75, 3.05) is 6.54 Å². The summed E-state index contributed by atoms with van der Waals surface area (Å²) in [6.07, 6.45) is 2.14. The maximum absolute atomic E-state index is 12.7. The fourth-order valence-corrected chi connectivity index (χ4v) is 4.50. The zero-order valence-electron chi connectivity index (χ0n) is 15.4. The quantitative estimate of drug-likeness (QED) is 0.485. The highest BCUT2D eigenvalue weighted by Gasteiger charge is 2.14. The van der Waals surface area contributed by atoms with E-state index < -0.39 is 0 Å². The first kappa shape index (κ1) is 17.6. The Balaban J connectivity index is 1.29. The molecule has 0 fully saturated rings. The molecule has 0 bridgehead atoms. The lowest BCUT2D eigenvalue weighted by Gasteiger charge is -2.07. The van der Waals surface area contributed by atoms with Crippen LogP contribution in [-0.2, 0) is 17.8 Å². The van der Waals surface area contributed by atoms with Crippen molar-refractivity contribution in [2.24, 2.45) is 0 Å². The average Bonchev–Trinajstić information content (AvgIpc) is 3.32. The first-order valence-corrected chi connectivity index (χ1v) is 10.2. The zero-order chi connectivity index (χ0) is 19.8. The molecule has 5 rings (SSSR count). The molecule has 1 amide bonds. The van der Waals surface area contributed by atoms with E-state index in [2.05, 4.69) is 27.8 Å². The van der Waals surface area contributed by atoms with Crippen LogP contribution < -0.4 is 10.9 Å². The summed E-state index contributed by atoms with van der Waals surface area (Å²) in [6.45, 7) is 0.415. The molecule has 0 atom stereocenters. The van der Waals surface area contributed by atoms with Crippen LogP contribution in [0.4, 0.5) is 0 Å². The topological polar surface area (TPSA) is 77.1 Å². The predicted octanol–water partition coefficient (Wildman–Crippen LogP) is 3.72. The third-order valence-electron chi connectivity index (χ3n) is 4.94. The van der Waals surface area contributed by atoms with Gasteiger partial charge in [0.2, 0.25) is 11.5 Å². The SMILES string of the molecule is O=C(Cn1cnc2c(oc3ccccc32)c1=O)NCCc1csc2ccccc12. The van der Waals surface area contributed by atoms with Crippen LogP contribution >= 0.6 is 11.3 Å². The average molecular weight is 403 g/mol. The van der Waals surface area contributed by atoms with Gasteiger partial charge in [-0.25, -0.2) is 4.98 Å². The Morgan fingerprint density at radius 1 is 1.10 bits per heavy atom. The molecule has 7 heteroatoms. The second kappa shape index (κ2) is 7.18. The molecule has 29 heavy (non-hydrogen) atoms. The number of aromatic nitrogens is 2. The number of amides is 1. The summed E-state index contributed by atoms with van der Waals surface area (Å²) in [5.41, 5.74) is 2.16. The molecular weight excluding hydrogens is 386 g/mol. The molecule has 2 aromatic carbocycles. The summed E-state index contributed by atoms with van der Waals surface area (Å²) in [4.78, 5) is 29.4. The van der Waals surface area contributed by atoms with Crippen LogP contribution in [0.5, 0.6) is 0 Å². The Bertz CT molecular complexity index is 1410. The monoisotopic (exact) mass is 403 g/mol. The van der Waals surface area contributed by atoms with E-state index in [1.54, 1.807) is 17.4 Å². The Labute approximate surface area is 169 Å². The van der Waals surface area contributed by atoms with Gasteiger partial charge in [-0.3, -0.25) is 14.2 Å². The summed E-state index contributed by atoms with van der Waals surface area (Å²) in [5, 5.41) is 7.02.